The summed E-state index contributed by atoms with van der Waals surface area (Å²) in [6, 6.07) is 2.19. The highest BCUT2D eigenvalue weighted by atomic mass is 14.7. The lowest BCUT2D eigenvalue weighted by Gasteiger charge is -2.12. The van der Waals surface area contributed by atoms with E-state index in [1.807, 2.05) is 27.7 Å². The first-order chi connectivity index (χ1) is 6.54. The number of nitrogens with zero attached hydrogens (tertiary/aromatic N) is 2. The maximum absolute atomic E-state index is 8.98. The summed E-state index contributed by atoms with van der Waals surface area (Å²) < 4.78 is 0. The van der Waals surface area contributed by atoms with Crippen molar-refractivity contribution >= 4 is 5.69 Å². The van der Waals surface area contributed by atoms with Crippen LogP contribution < -0.4 is 0 Å². The van der Waals surface area contributed by atoms with E-state index in [1.54, 1.807) is 0 Å². The van der Waals surface area contributed by atoms with Crippen molar-refractivity contribution in [1.82, 2.24) is 0 Å². The van der Waals surface area contributed by atoms with Crippen molar-refractivity contribution in [2.75, 3.05) is 0 Å². The Hall–Kier alpha value is -1.80. The van der Waals surface area contributed by atoms with Crippen molar-refractivity contribution in [3.05, 3.63) is 39.2 Å². The van der Waals surface area contributed by atoms with Crippen LogP contribution in [0.15, 0.2) is 0 Å². The molecule has 0 heterocycles. The van der Waals surface area contributed by atoms with Gasteiger partial charge in [0, 0.05) is 0 Å². The van der Waals surface area contributed by atoms with Gasteiger partial charge in [-0.25, -0.2) is 4.85 Å². The van der Waals surface area contributed by atoms with Crippen molar-refractivity contribution in [1.29, 1.82) is 5.26 Å². The first-order valence-corrected chi connectivity index (χ1v) is 4.42. The Bertz CT molecular complexity index is 397. The summed E-state index contributed by atoms with van der Waals surface area (Å²) in [5.41, 5.74) is 5.13. The van der Waals surface area contributed by atoms with Crippen LogP contribution in [0.2, 0.25) is 0 Å². The van der Waals surface area contributed by atoms with Crippen LogP contribution in [0.1, 0.15) is 27.8 Å². The molecule has 0 N–H and O–H groups in total. The molecule has 1 aromatic rings. The van der Waals surface area contributed by atoms with Gasteiger partial charge < -0.3 is 0 Å². The third kappa shape index (κ3) is 1.26. The molecule has 0 unspecified atom stereocenters. The molecular formula is C12H12N2. The Morgan fingerprint density at radius 2 is 1.43 bits per heavy atom. The van der Waals surface area contributed by atoms with Gasteiger partial charge in [0.1, 0.15) is 0 Å². The van der Waals surface area contributed by atoms with E-state index in [-0.39, 0.29) is 0 Å². The number of rotatable bonds is 0. The summed E-state index contributed by atoms with van der Waals surface area (Å²) in [6.07, 6.45) is 0. The second kappa shape index (κ2) is 3.52. The highest BCUT2D eigenvalue weighted by molar-refractivity contribution is 5.67. The largest absolute Gasteiger partial charge is 0.238 e. The Morgan fingerprint density at radius 3 is 1.71 bits per heavy atom. The molecule has 14 heavy (non-hydrogen) atoms. The third-order valence-corrected chi connectivity index (χ3v) is 2.81. The molecule has 2 nitrogen and oxygen atoms in total. The van der Waals surface area contributed by atoms with Crippen LogP contribution in [0.25, 0.3) is 4.85 Å². The lowest BCUT2D eigenvalue weighted by Crippen LogP contribution is -1.95. The molecule has 0 atom stereocenters. The molecule has 0 aromatic heterocycles. The monoisotopic (exact) mass is 184 g/mol. The Kier molecular flexibility index (Phi) is 2.58. The first-order valence-electron chi connectivity index (χ1n) is 4.42. The van der Waals surface area contributed by atoms with Gasteiger partial charge in [-0.15, -0.1) is 0 Å². The first kappa shape index (κ1) is 10.3. The molecule has 0 amide bonds. The zero-order chi connectivity index (χ0) is 10.9. The van der Waals surface area contributed by atoms with Gasteiger partial charge >= 0.3 is 0 Å². The zero-order valence-electron chi connectivity index (χ0n) is 8.89. The molecule has 0 aliphatic carbocycles. The molecule has 0 aliphatic rings. The van der Waals surface area contributed by atoms with E-state index in [4.69, 9.17) is 11.8 Å². The second-order valence-corrected chi connectivity index (χ2v) is 3.45. The predicted molar refractivity (Wildman–Crippen MR) is 56.4 cm³/mol. The van der Waals surface area contributed by atoms with E-state index in [0.29, 0.717) is 11.3 Å². The fourth-order valence-electron chi connectivity index (χ4n) is 1.63. The van der Waals surface area contributed by atoms with Gasteiger partial charge in [-0.05, 0) is 49.9 Å². The summed E-state index contributed by atoms with van der Waals surface area (Å²) in [7, 11) is 0. The van der Waals surface area contributed by atoms with Gasteiger partial charge in [0.2, 0.25) is 0 Å². The van der Waals surface area contributed by atoms with Gasteiger partial charge in [-0.1, -0.05) is 0 Å². The molecule has 0 aliphatic heterocycles. The summed E-state index contributed by atoms with van der Waals surface area (Å²) in [5, 5.41) is 8.98. The highest BCUT2D eigenvalue weighted by Gasteiger charge is 2.13. The lowest BCUT2D eigenvalue weighted by atomic mass is 9.93. The minimum Gasteiger partial charge on any atom is -0.238 e. The molecule has 2 heteroatoms. The molecule has 1 aromatic carbocycles. The van der Waals surface area contributed by atoms with Crippen LogP contribution in [0, 0.1) is 45.6 Å². The molecular weight excluding hydrogens is 172 g/mol. The lowest BCUT2D eigenvalue weighted by molar-refractivity contribution is 1.22. The predicted octanol–water partition coefficient (Wildman–Crippen LogP) is 3.34. The zero-order valence-corrected chi connectivity index (χ0v) is 8.89. The van der Waals surface area contributed by atoms with Crippen molar-refractivity contribution < 1.29 is 0 Å². The summed E-state index contributed by atoms with van der Waals surface area (Å²) in [6.45, 7) is 14.7. The summed E-state index contributed by atoms with van der Waals surface area (Å²) in [5.74, 6) is 0. The van der Waals surface area contributed by atoms with E-state index in [9.17, 15) is 0 Å². The van der Waals surface area contributed by atoms with E-state index in [2.05, 4.69) is 10.9 Å². The SMILES string of the molecule is [C-]#[N+]c1c(C)c(C)c(C#N)c(C)c1C. The quantitative estimate of drug-likeness (QED) is 0.568. The summed E-state index contributed by atoms with van der Waals surface area (Å²) >= 11 is 0. The molecule has 1 rings (SSSR count). The maximum atomic E-state index is 8.98. The molecule has 0 spiro atoms. The van der Waals surface area contributed by atoms with Crippen LogP contribution in [0.3, 0.4) is 0 Å². The average molecular weight is 184 g/mol. The van der Waals surface area contributed by atoms with E-state index >= 15 is 0 Å². The Labute approximate surface area is 84.6 Å². The smallest absolute Gasteiger partial charge is 0.193 e. The molecule has 70 valence electrons. The van der Waals surface area contributed by atoms with Crippen LogP contribution in [-0.4, -0.2) is 0 Å². The van der Waals surface area contributed by atoms with Crippen molar-refractivity contribution in [2.45, 2.75) is 27.7 Å². The molecule has 0 saturated carbocycles. The van der Waals surface area contributed by atoms with Gasteiger partial charge in [0.05, 0.1) is 18.2 Å². The standard InChI is InChI=1S/C12H12N2/c1-7-9(3)12(14-5)10(4)8(2)11(7)6-13/h1-4H3. The number of benzene rings is 1. The van der Waals surface area contributed by atoms with E-state index in [1.165, 1.54) is 0 Å². The second-order valence-electron chi connectivity index (χ2n) is 3.45. The van der Waals surface area contributed by atoms with Gasteiger partial charge in [0.25, 0.3) is 0 Å². The molecule has 0 bridgehead atoms. The van der Waals surface area contributed by atoms with Crippen LogP contribution in [0.5, 0.6) is 0 Å². The van der Waals surface area contributed by atoms with Crippen molar-refractivity contribution in [3.63, 3.8) is 0 Å². The third-order valence-electron chi connectivity index (χ3n) is 2.81. The van der Waals surface area contributed by atoms with Crippen molar-refractivity contribution in [2.24, 2.45) is 0 Å². The van der Waals surface area contributed by atoms with E-state index in [0.717, 1.165) is 22.3 Å². The van der Waals surface area contributed by atoms with Crippen LogP contribution in [0.4, 0.5) is 5.69 Å². The fourth-order valence-corrected chi connectivity index (χ4v) is 1.63. The fraction of sp³-hybridized carbons (Fsp3) is 0.333. The maximum Gasteiger partial charge on any atom is 0.193 e. The molecule has 0 fully saturated rings. The number of hydrogen-bond acceptors (Lipinski definition) is 1. The minimum atomic E-state index is 0.694. The minimum absolute atomic E-state index is 0.694. The summed E-state index contributed by atoms with van der Waals surface area (Å²) in [4.78, 5) is 3.51. The van der Waals surface area contributed by atoms with E-state index < -0.39 is 0 Å². The molecule has 0 saturated heterocycles. The normalized spacial score (nSPS) is 9.29. The highest BCUT2D eigenvalue weighted by Crippen LogP contribution is 2.32. The van der Waals surface area contributed by atoms with Crippen LogP contribution >= 0.6 is 0 Å². The van der Waals surface area contributed by atoms with Crippen LogP contribution in [-0.2, 0) is 0 Å². The van der Waals surface area contributed by atoms with Gasteiger partial charge in [-0.2, -0.15) is 5.26 Å². The van der Waals surface area contributed by atoms with Gasteiger partial charge in [-0.3, -0.25) is 0 Å². The number of hydrogen-bond donors (Lipinski definition) is 0. The van der Waals surface area contributed by atoms with Crippen molar-refractivity contribution in [3.8, 4) is 6.07 Å². The Balaban J connectivity index is 3.77. The average Bonchev–Trinajstić information content (AvgIpc) is 2.17. The Morgan fingerprint density at radius 1 is 1.00 bits per heavy atom. The van der Waals surface area contributed by atoms with Gasteiger partial charge in [0.15, 0.2) is 5.69 Å². The number of nitriles is 1. The molecule has 0 radical (unpaired) electrons. The topological polar surface area (TPSA) is 28.1 Å².